The fraction of sp³-hybridized carbons (Fsp3) is 0.600. The topological polar surface area (TPSA) is 56.0 Å². The summed E-state index contributed by atoms with van der Waals surface area (Å²) in [6, 6.07) is 0. The molecule has 1 rings (SSSR count). The largest absolute Gasteiger partial charge is 0.365 e. The monoisotopic (exact) mass is 212 g/mol. The number of nitrogens with zero attached hydrogens (tertiary/aromatic N) is 1. The average molecular weight is 212 g/mol. The second-order valence-electron chi connectivity index (χ2n) is 3.29. The van der Waals surface area contributed by atoms with Crippen LogP contribution in [0.25, 0.3) is 0 Å². The Labute approximate surface area is 88.3 Å². The van der Waals surface area contributed by atoms with Gasteiger partial charge in [0, 0.05) is 0 Å². The highest BCUT2D eigenvalue weighted by Crippen LogP contribution is 2.15. The Morgan fingerprint density at radius 2 is 2.29 bits per heavy atom. The minimum Gasteiger partial charge on any atom is -0.365 e. The van der Waals surface area contributed by atoms with Crippen molar-refractivity contribution in [3.8, 4) is 0 Å². The van der Waals surface area contributed by atoms with E-state index in [0.29, 0.717) is 4.88 Å². The van der Waals surface area contributed by atoms with Crippen molar-refractivity contribution in [1.82, 2.24) is 4.98 Å². The standard InChI is InChI=1S/C10H16N2OS/c1-2-3-4-5-6-9-12-7-8(14-9)10(11)13/h7H,2-6H2,1H3,(H2,11,13). The van der Waals surface area contributed by atoms with Gasteiger partial charge >= 0.3 is 0 Å². The average Bonchev–Trinajstić information content (AvgIpc) is 2.61. The molecule has 14 heavy (non-hydrogen) atoms. The van der Waals surface area contributed by atoms with Crippen molar-refractivity contribution in [2.45, 2.75) is 39.0 Å². The molecule has 0 saturated heterocycles. The highest BCUT2D eigenvalue weighted by molar-refractivity contribution is 7.13. The smallest absolute Gasteiger partial charge is 0.260 e. The molecule has 0 radical (unpaired) electrons. The number of carbonyl (C=O) groups excluding carboxylic acids is 1. The maximum atomic E-state index is 10.8. The molecule has 1 amide bonds. The van der Waals surface area contributed by atoms with Gasteiger partial charge in [-0.15, -0.1) is 11.3 Å². The zero-order chi connectivity index (χ0) is 10.4. The molecule has 1 heterocycles. The zero-order valence-electron chi connectivity index (χ0n) is 8.45. The molecule has 78 valence electrons. The van der Waals surface area contributed by atoms with Crippen molar-refractivity contribution in [3.05, 3.63) is 16.1 Å². The molecule has 4 heteroatoms. The van der Waals surface area contributed by atoms with E-state index in [9.17, 15) is 4.79 Å². The molecular weight excluding hydrogens is 196 g/mol. The maximum Gasteiger partial charge on any atom is 0.260 e. The van der Waals surface area contributed by atoms with E-state index in [1.807, 2.05) is 0 Å². The quantitative estimate of drug-likeness (QED) is 0.736. The fourth-order valence-corrected chi connectivity index (χ4v) is 2.05. The van der Waals surface area contributed by atoms with Crippen LogP contribution in [0.3, 0.4) is 0 Å². The van der Waals surface area contributed by atoms with Crippen molar-refractivity contribution in [2.24, 2.45) is 5.73 Å². The second-order valence-corrected chi connectivity index (χ2v) is 4.41. The van der Waals surface area contributed by atoms with Crippen LogP contribution in [0.4, 0.5) is 0 Å². The number of nitrogens with two attached hydrogens (primary N) is 1. The summed E-state index contributed by atoms with van der Waals surface area (Å²) in [6.45, 7) is 2.19. The first-order valence-corrected chi connectivity index (χ1v) is 5.80. The van der Waals surface area contributed by atoms with Gasteiger partial charge in [0.1, 0.15) is 4.88 Å². The summed E-state index contributed by atoms with van der Waals surface area (Å²) in [7, 11) is 0. The number of aryl methyl sites for hydroxylation is 1. The molecule has 0 aliphatic heterocycles. The number of hydrogen-bond acceptors (Lipinski definition) is 3. The van der Waals surface area contributed by atoms with Crippen LogP contribution in [-0.2, 0) is 6.42 Å². The Balaban J connectivity index is 2.33. The van der Waals surface area contributed by atoms with E-state index in [2.05, 4.69) is 11.9 Å². The van der Waals surface area contributed by atoms with Crippen LogP contribution >= 0.6 is 11.3 Å². The number of primary amides is 1. The van der Waals surface area contributed by atoms with E-state index in [0.717, 1.165) is 17.8 Å². The molecule has 0 aromatic carbocycles. The Bertz CT molecular complexity index is 296. The number of carbonyl (C=O) groups is 1. The summed E-state index contributed by atoms with van der Waals surface area (Å²) in [5.74, 6) is -0.373. The summed E-state index contributed by atoms with van der Waals surface area (Å²) < 4.78 is 0. The molecule has 0 saturated carbocycles. The maximum absolute atomic E-state index is 10.8. The third kappa shape index (κ3) is 3.46. The molecule has 3 nitrogen and oxygen atoms in total. The van der Waals surface area contributed by atoms with Crippen LogP contribution < -0.4 is 5.73 Å². The summed E-state index contributed by atoms with van der Waals surface area (Å²) in [5.41, 5.74) is 5.13. The minimum absolute atomic E-state index is 0.373. The number of rotatable bonds is 6. The third-order valence-electron chi connectivity index (χ3n) is 2.04. The van der Waals surface area contributed by atoms with E-state index in [-0.39, 0.29) is 5.91 Å². The van der Waals surface area contributed by atoms with Gasteiger partial charge in [-0.2, -0.15) is 0 Å². The van der Waals surface area contributed by atoms with E-state index >= 15 is 0 Å². The molecule has 1 aromatic heterocycles. The molecule has 0 bridgehead atoms. The zero-order valence-corrected chi connectivity index (χ0v) is 9.27. The van der Waals surface area contributed by atoms with Crippen molar-refractivity contribution in [3.63, 3.8) is 0 Å². The van der Waals surface area contributed by atoms with Gasteiger partial charge in [-0.3, -0.25) is 4.79 Å². The molecule has 0 aliphatic rings. The number of hydrogen-bond donors (Lipinski definition) is 1. The van der Waals surface area contributed by atoms with E-state index < -0.39 is 0 Å². The van der Waals surface area contributed by atoms with Gasteiger partial charge in [0.2, 0.25) is 0 Å². The highest BCUT2D eigenvalue weighted by Gasteiger charge is 2.05. The van der Waals surface area contributed by atoms with Crippen LogP contribution in [0.15, 0.2) is 6.20 Å². The predicted molar refractivity (Wildman–Crippen MR) is 58.5 cm³/mol. The number of unbranched alkanes of at least 4 members (excludes halogenated alkanes) is 3. The summed E-state index contributed by atoms with van der Waals surface area (Å²) in [6.07, 6.45) is 7.44. The molecule has 0 spiro atoms. The SMILES string of the molecule is CCCCCCc1ncc(C(N)=O)s1. The Morgan fingerprint density at radius 1 is 1.50 bits per heavy atom. The third-order valence-corrected chi connectivity index (χ3v) is 3.11. The summed E-state index contributed by atoms with van der Waals surface area (Å²) >= 11 is 1.41. The van der Waals surface area contributed by atoms with Crippen molar-refractivity contribution >= 4 is 17.2 Å². The van der Waals surface area contributed by atoms with Gasteiger partial charge in [0.05, 0.1) is 11.2 Å². The highest BCUT2D eigenvalue weighted by atomic mass is 32.1. The number of amides is 1. The lowest BCUT2D eigenvalue weighted by Gasteiger charge is -1.95. The lowest BCUT2D eigenvalue weighted by molar-refractivity contribution is 0.100. The Hall–Kier alpha value is -0.900. The van der Waals surface area contributed by atoms with Gasteiger partial charge in [0.15, 0.2) is 0 Å². The molecular formula is C10H16N2OS. The first kappa shape index (κ1) is 11.2. The first-order chi connectivity index (χ1) is 6.74. The van der Waals surface area contributed by atoms with Crippen LogP contribution in [0.2, 0.25) is 0 Å². The normalized spacial score (nSPS) is 10.4. The van der Waals surface area contributed by atoms with Crippen LogP contribution in [-0.4, -0.2) is 10.9 Å². The molecule has 2 N–H and O–H groups in total. The molecule has 0 atom stereocenters. The Morgan fingerprint density at radius 3 is 2.86 bits per heavy atom. The Kier molecular flexibility index (Phi) is 4.59. The molecule has 1 aromatic rings. The van der Waals surface area contributed by atoms with E-state index in [1.54, 1.807) is 6.20 Å². The fourth-order valence-electron chi connectivity index (χ4n) is 1.24. The van der Waals surface area contributed by atoms with Crippen LogP contribution in [0, 0.1) is 0 Å². The van der Waals surface area contributed by atoms with E-state index in [1.165, 1.54) is 30.6 Å². The predicted octanol–water partition coefficient (Wildman–Crippen LogP) is 2.36. The number of thiazole rings is 1. The van der Waals surface area contributed by atoms with Gasteiger partial charge in [-0.05, 0) is 12.8 Å². The molecule has 0 unspecified atom stereocenters. The second kappa shape index (κ2) is 5.75. The van der Waals surface area contributed by atoms with E-state index in [4.69, 9.17) is 5.73 Å². The lowest BCUT2D eigenvalue weighted by Crippen LogP contribution is -2.08. The summed E-state index contributed by atoms with van der Waals surface area (Å²) in [5, 5.41) is 1.02. The minimum atomic E-state index is -0.373. The molecule has 0 aliphatic carbocycles. The van der Waals surface area contributed by atoms with Gasteiger partial charge in [-0.25, -0.2) is 4.98 Å². The number of aromatic nitrogens is 1. The van der Waals surface area contributed by atoms with Gasteiger partial charge in [0.25, 0.3) is 5.91 Å². The van der Waals surface area contributed by atoms with Crippen molar-refractivity contribution in [2.75, 3.05) is 0 Å². The van der Waals surface area contributed by atoms with Crippen molar-refractivity contribution < 1.29 is 4.79 Å². The first-order valence-electron chi connectivity index (χ1n) is 4.98. The summed E-state index contributed by atoms with van der Waals surface area (Å²) in [4.78, 5) is 15.5. The molecule has 0 fully saturated rings. The van der Waals surface area contributed by atoms with Crippen LogP contribution in [0.5, 0.6) is 0 Å². The van der Waals surface area contributed by atoms with Crippen molar-refractivity contribution in [1.29, 1.82) is 0 Å². The van der Waals surface area contributed by atoms with Gasteiger partial charge in [-0.1, -0.05) is 26.2 Å². The lowest BCUT2D eigenvalue weighted by atomic mass is 10.2. The van der Waals surface area contributed by atoms with Crippen LogP contribution in [0.1, 0.15) is 47.3 Å². The van der Waals surface area contributed by atoms with Gasteiger partial charge < -0.3 is 5.73 Å².